The number of hydrogen-bond acceptors (Lipinski definition) is 2. The number of nitrogens with one attached hydrogen (secondary N) is 1. The van der Waals surface area contributed by atoms with E-state index in [0.29, 0.717) is 0 Å². The van der Waals surface area contributed by atoms with Gasteiger partial charge in [-0.1, -0.05) is 31.7 Å². The van der Waals surface area contributed by atoms with Crippen LogP contribution in [-0.4, -0.2) is 12.7 Å². The Hall–Kier alpha value is -1.77. The fraction of sp³-hybridized carbons (Fsp3) is 0.250. The average Bonchev–Trinajstić information content (AvgIpc) is 2.26. The molecule has 0 unspecified atom stereocenters. The Morgan fingerprint density at radius 3 is 3.07 bits per heavy atom. The van der Waals surface area contributed by atoms with Gasteiger partial charge in [0.2, 0.25) is 0 Å². The van der Waals surface area contributed by atoms with Gasteiger partial charge < -0.3 is 4.74 Å². The number of benzene rings is 1. The Bertz CT molecular complexity index is 347. The zero-order chi connectivity index (χ0) is 11.1. The maximum Gasteiger partial charge on any atom is 0.411 e. The maximum atomic E-state index is 11.2. The molecule has 0 saturated carbocycles. The second kappa shape index (κ2) is 5.86. The number of ether oxygens (including phenoxy) is 1. The van der Waals surface area contributed by atoms with Gasteiger partial charge in [-0.15, -0.1) is 0 Å². The first-order valence-electron chi connectivity index (χ1n) is 4.90. The predicted molar refractivity (Wildman–Crippen MR) is 61.0 cm³/mol. The fourth-order valence-electron chi connectivity index (χ4n) is 1.16. The van der Waals surface area contributed by atoms with E-state index in [2.05, 4.69) is 18.8 Å². The van der Waals surface area contributed by atoms with Gasteiger partial charge in [0.25, 0.3) is 0 Å². The van der Waals surface area contributed by atoms with Crippen LogP contribution in [0.2, 0.25) is 0 Å². The Morgan fingerprint density at radius 1 is 1.60 bits per heavy atom. The summed E-state index contributed by atoms with van der Waals surface area (Å²) in [7, 11) is 0. The van der Waals surface area contributed by atoms with Gasteiger partial charge in [-0.3, -0.25) is 5.32 Å². The van der Waals surface area contributed by atoms with E-state index in [1.54, 1.807) is 0 Å². The van der Waals surface area contributed by atoms with Gasteiger partial charge in [0.15, 0.2) is 0 Å². The molecule has 1 N–H and O–H groups in total. The number of hydrogen-bond donors (Lipinski definition) is 1. The number of carbonyl (C=O) groups is 1. The SMILES string of the molecule is C=CCOC(=O)Nc1cccc(CC)c1. The van der Waals surface area contributed by atoms with Crippen LogP contribution in [0.1, 0.15) is 12.5 Å². The van der Waals surface area contributed by atoms with Crippen molar-refractivity contribution in [1.29, 1.82) is 0 Å². The lowest BCUT2D eigenvalue weighted by atomic mass is 10.1. The molecule has 0 spiro atoms. The highest BCUT2D eigenvalue weighted by Crippen LogP contribution is 2.11. The second-order valence-corrected chi connectivity index (χ2v) is 3.07. The third kappa shape index (κ3) is 3.85. The summed E-state index contributed by atoms with van der Waals surface area (Å²) in [6.07, 6.45) is 2.02. The molecule has 80 valence electrons. The average molecular weight is 205 g/mol. The van der Waals surface area contributed by atoms with Crippen LogP contribution >= 0.6 is 0 Å². The number of carbonyl (C=O) groups excluding carboxylic acids is 1. The summed E-state index contributed by atoms with van der Waals surface area (Å²) >= 11 is 0. The second-order valence-electron chi connectivity index (χ2n) is 3.07. The first-order valence-corrected chi connectivity index (χ1v) is 4.90. The van der Waals surface area contributed by atoms with Crippen molar-refractivity contribution in [2.45, 2.75) is 13.3 Å². The molecule has 15 heavy (non-hydrogen) atoms. The minimum Gasteiger partial charge on any atom is -0.445 e. The van der Waals surface area contributed by atoms with Crippen LogP contribution in [-0.2, 0) is 11.2 Å². The maximum absolute atomic E-state index is 11.2. The molecule has 1 rings (SSSR count). The lowest BCUT2D eigenvalue weighted by Gasteiger charge is -2.06. The summed E-state index contributed by atoms with van der Waals surface area (Å²) in [6, 6.07) is 7.67. The third-order valence-corrected chi connectivity index (χ3v) is 1.91. The number of amides is 1. The molecule has 0 fully saturated rings. The van der Waals surface area contributed by atoms with Crippen molar-refractivity contribution in [1.82, 2.24) is 0 Å². The van der Waals surface area contributed by atoms with Crippen LogP contribution in [0.3, 0.4) is 0 Å². The summed E-state index contributed by atoms with van der Waals surface area (Å²) in [5.74, 6) is 0. The molecule has 1 amide bonds. The lowest BCUT2D eigenvalue weighted by Crippen LogP contribution is -2.13. The van der Waals surface area contributed by atoms with Gasteiger partial charge in [0, 0.05) is 5.69 Å². The quantitative estimate of drug-likeness (QED) is 0.767. The van der Waals surface area contributed by atoms with Crippen molar-refractivity contribution in [3.8, 4) is 0 Å². The zero-order valence-electron chi connectivity index (χ0n) is 8.82. The number of aryl methyl sites for hydroxylation is 1. The lowest BCUT2D eigenvalue weighted by molar-refractivity contribution is 0.174. The smallest absolute Gasteiger partial charge is 0.411 e. The first kappa shape index (κ1) is 11.3. The molecule has 0 aliphatic carbocycles. The molecule has 0 aliphatic rings. The summed E-state index contributed by atoms with van der Waals surface area (Å²) in [6.45, 7) is 5.75. The third-order valence-electron chi connectivity index (χ3n) is 1.91. The summed E-state index contributed by atoms with van der Waals surface area (Å²) in [4.78, 5) is 11.2. The molecule has 0 heterocycles. The van der Waals surface area contributed by atoms with Gasteiger partial charge in [-0.25, -0.2) is 4.79 Å². The van der Waals surface area contributed by atoms with E-state index in [0.717, 1.165) is 12.1 Å². The van der Waals surface area contributed by atoms with Gasteiger partial charge in [0.1, 0.15) is 6.61 Å². The topological polar surface area (TPSA) is 38.3 Å². The summed E-state index contributed by atoms with van der Waals surface area (Å²) in [5.41, 5.74) is 1.93. The molecule has 0 saturated heterocycles. The van der Waals surface area contributed by atoms with E-state index in [1.807, 2.05) is 24.3 Å². The Kier molecular flexibility index (Phi) is 4.41. The molecular weight excluding hydrogens is 190 g/mol. The Morgan fingerprint density at radius 2 is 2.40 bits per heavy atom. The van der Waals surface area contributed by atoms with Crippen LogP contribution in [0.15, 0.2) is 36.9 Å². The van der Waals surface area contributed by atoms with Crippen LogP contribution < -0.4 is 5.32 Å². The van der Waals surface area contributed by atoms with Gasteiger partial charge in [-0.05, 0) is 24.1 Å². The van der Waals surface area contributed by atoms with Crippen LogP contribution in [0.4, 0.5) is 10.5 Å². The van der Waals surface area contributed by atoms with Crippen LogP contribution in [0.5, 0.6) is 0 Å². The van der Waals surface area contributed by atoms with Crippen molar-refractivity contribution in [2.24, 2.45) is 0 Å². The van der Waals surface area contributed by atoms with E-state index < -0.39 is 6.09 Å². The first-order chi connectivity index (χ1) is 7.26. The largest absolute Gasteiger partial charge is 0.445 e. The van der Waals surface area contributed by atoms with Crippen molar-refractivity contribution in [3.05, 3.63) is 42.5 Å². The standard InChI is InChI=1S/C12H15NO2/c1-3-8-15-12(14)13-11-7-5-6-10(4-2)9-11/h3,5-7,9H,1,4,8H2,2H3,(H,13,14). The minimum atomic E-state index is -0.455. The highest BCUT2D eigenvalue weighted by Gasteiger charge is 2.01. The highest BCUT2D eigenvalue weighted by atomic mass is 16.5. The van der Waals surface area contributed by atoms with Crippen molar-refractivity contribution in [2.75, 3.05) is 11.9 Å². The Balaban J connectivity index is 2.55. The normalized spacial score (nSPS) is 9.40. The molecule has 0 bridgehead atoms. The molecule has 1 aromatic rings. The fourth-order valence-corrected chi connectivity index (χ4v) is 1.16. The van der Waals surface area contributed by atoms with E-state index in [9.17, 15) is 4.79 Å². The van der Waals surface area contributed by atoms with Gasteiger partial charge >= 0.3 is 6.09 Å². The monoisotopic (exact) mass is 205 g/mol. The molecule has 3 nitrogen and oxygen atoms in total. The summed E-state index contributed by atoms with van der Waals surface area (Å²) < 4.78 is 4.80. The van der Waals surface area contributed by atoms with Crippen molar-refractivity contribution in [3.63, 3.8) is 0 Å². The summed E-state index contributed by atoms with van der Waals surface area (Å²) in [5, 5.41) is 2.64. The molecule has 0 radical (unpaired) electrons. The highest BCUT2D eigenvalue weighted by molar-refractivity contribution is 5.84. The van der Waals surface area contributed by atoms with E-state index in [4.69, 9.17) is 4.74 Å². The molecule has 0 aliphatic heterocycles. The number of anilines is 1. The van der Waals surface area contributed by atoms with Gasteiger partial charge in [-0.2, -0.15) is 0 Å². The Labute approximate surface area is 89.8 Å². The molecular formula is C12H15NO2. The van der Waals surface area contributed by atoms with E-state index in [-0.39, 0.29) is 6.61 Å². The van der Waals surface area contributed by atoms with E-state index in [1.165, 1.54) is 11.6 Å². The van der Waals surface area contributed by atoms with Crippen molar-refractivity contribution < 1.29 is 9.53 Å². The molecule has 0 atom stereocenters. The van der Waals surface area contributed by atoms with Gasteiger partial charge in [0.05, 0.1) is 0 Å². The minimum absolute atomic E-state index is 0.222. The molecule has 0 aromatic heterocycles. The van der Waals surface area contributed by atoms with Crippen molar-refractivity contribution >= 4 is 11.8 Å². The number of rotatable bonds is 4. The molecule has 1 aromatic carbocycles. The van der Waals surface area contributed by atoms with Crippen LogP contribution in [0, 0.1) is 0 Å². The van der Waals surface area contributed by atoms with E-state index >= 15 is 0 Å². The molecule has 3 heteroatoms. The van der Waals surface area contributed by atoms with Crippen LogP contribution in [0.25, 0.3) is 0 Å². The zero-order valence-corrected chi connectivity index (χ0v) is 8.82. The predicted octanol–water partition coefficient (Wildman–Crippen LogP) is 2.98.